The van der Waals surface area contributed by atoms with E-state index in [0.29, 0.717) is 6.42 Å². The molecule has 0 saturated heterocycles. The standard InChI is InChI=1S/C56H104NO8P/c1-3-5-7-9-11-13-15-17-18-19-20-21-22-23-24-25-26-27-28-29-30-31-32-33-34-35-36-37-39-41-43-45-47-49-56(59)65-54(53-64-66(60,61)63-51-50-57)52-62-55(58)48-46-44-42-40-38-16-14-12-10-8-6-4-2/h5,7,11,13,17-18,20-21,54H,3-4,6,8-10,12,14-16,19,22-53,57H2,1-2H3,(H,60,61)/b7-5-,13-11-,18-17-,21-20-. The van der Waals surface area contributed by atoms with Crippen LogP contribution in [0.15, 0.2) is 48.6 Å². The molecule has 0 fully saturated rings. The highest BCUT2D eigenvalue weighted by Crippen LogP contribution is 2.43. The number of allylic oxidation sites excluding steroid dienone is 8. The molecule has 0 rings (SSSR count). The first kappa shape index (κ1) is 64.0. The van der Waals surface area contributed by atoms with Gasteiger partial charge in [-0.2, -0.15) is 0 Å². The first-order chi connectivity index (χ1) is 32.3. The van der Waals surface area contributed by atoms with Crippen LogP contribution in [0.4, 0.5) is 0 Å². The number of rotatable bonds is 52. The van der Waals surface area contributed by atoms with Crippen molar-refractivity contribution >= 4 is 19.8 Å². The second-order valence-corrected chi connectivity index (χ2v) is 19.9. The zero-order valence-corrected chi connectivity index (χ0v) is 43.8. The van der Waals surface area contributed by atoms with Gasteiger partial charge in [-0.1, -0.05) is 249 Å². The van der Waals surface area contributed by atoms with Crippen LogP contribution in [0.25, 0.3) is 0 Å². The van der Waals surface area contributed by atoms with Crippen molar-refractivity contribution in [1.82, 2.24) is 0 Å². The summed E-state index contributed by atoms with van der Waals surface area (Å²) in [6, 6.07) is 0. The molecule has 0 aromatic heterocycles. The normalized spacial score (nSPS) is 13.5. The predicted molar refractivity (Wildman–Crippen MR) is 280 cm³/mol. The van der Waals surface area contributed by atoms with Crippen molar-refractivity contribution in [1.29, 1.82) is 0 Å². The Morgan fingerprint density at radius 3 is 1.24 bits per heavy atom. The Balaban J connectivity index is 3.83. The molecular formula is C56H104NO8P. The highest BCUT2D eigenvalue weighted by molar-refractivity contribution is 7.47. The third-order valence-electron chi connectivity index (χ3n) is 12.0. The lowest BCUT2D eigenvalue weighted by atomic mass is 10.0. The van der Waals surface area contributed by atoms with E-state index in [4.69, 9.17) is 24.3 Å². The number of hydrogen-bond acceptors (Lipinski definition) is 8. The summed E-state index contributed by atoms with van der Waals surface area (Å²) in [6.45, 7) is 3.65. The molecule has 386 valence electrons. The van der Waals surface area contributed by atoms with Gasteiger partial charge in [0.25, 0.3) is 0 Å². The molecule has 0 radical (unpaired) electrons. The largest absolute Gasteiger partial charge is 0.472 e. The first-order valence-electron chi connectivity index (χ1n) is 27.6. The number of carbonyl (C=O) groups excluding carboxylic acids is 2. The third-order valence-corrected chi connectivity index (χ3v) is 13.0. The van der Waals surface area contributed by atoms with Crippen molar-refractivity contribution in [2.45, 2.75) is 270 Å². The van der Waals surface area contributed by atoms with Crippen LogP contribution in [0.2, 0.25) is 0 Å². The van der Waals surface area contributed by atoms with Crippen LogP contribution < -0.4 is 5.73 Å². The van der Waals surface area contributed by atoms with Gasteiger partial charge in [-0.05, 0) is 51.4 Å². The molecule has 0 saturated carbocycles. The number of nitrogens with two attached hydrogens (primary N) is 1. The van der Waals surface area contributed by atoms with Gasteiger partial charge < -0.3 is 20.1 Å². The van der Waals surface area contributed by atoms with Crippen LogP contribution >= 0.6 is 7.82 Å². The molecule has 9 nitrogen and oxygen atoms in total. The van der Waals surface area contributed by atoms with Crippen molar-refractivity contribution in [2.75, 3.05) is 26.4 Å². The molecule has 66 heavy (non-hydrogen) atoms. The van der Waals surface area contributed by atoms with Crippen molar-refractivity contribution in [3.63, 3.8) is 0 Å². The number of phosphoric acid groups is 1. The molecule has 0 aromatic carbocycles. The molecule has 2 unspecified atom stereocenters. The average molecular weight is 950 g/mol. The molecule has 0 aliphatic carbocycles. The zero-order valence-electron chi connectivity index (χ0n) is 42.9. The van der Waals surface area contributed by atoms with Gasteiger partial charge in [-0.25, -0.2) is 4.57 Å². The minimum absolute atomic E-state index is 0.0553. The van der Waals surface area contributed by atoms with Crippen molar-refractivity contribution in [3.8, 4) is 0 Å². The summed E-state index contributed by atoms with van der Waals surface area (Å²) >= 11 is 0. The fourth-order valence-electron chi connectivity index (χ4n) is 7.92. The monoisotopic (exact) mass is 950 g/mol. The van der Waals surface area contributed by atoms with Gasteiger partial charge in [0.15, 0.2) is 6.10 Å². The van der Waals surface area contributed by atoms with Crippen LogP contribution in [-0.4, -0.2) is 49.3 Å². The Hall–Kier alpha value is -2.03. The molecule has 0 aromatic rings. The smallest absolute Gasteiger partial charge is 0.462 e. The van der Waals surface area contributed by atoms with Crippen LogP contribution in [0, 0.1) is 0 Å². The Kier molecular flexibility index (Phi) is 50.7. The molecule has 10 heteroatoms. The molecule has 0 bridgehead atoms. The molecule has 0 spiro atoms. The summed E-state index contributed by atoms with van der Waals surface area (Å²) in [5, 5.41) is 0. The lowest BCUT2D eigenvalue weighted by molar-refractivity contribution is -0.161. The van der Waals surface area contributed by atoms with Crippen LogP contribution in [0.5, 0.6) is 0 Å². The van der Waals surface area contributed by atoms with Crippen molar-refractivity contribution < 1.29 is 37.6 Å². The number of unbranched alkanes of at least 4 members (excludes halogenated alkanes) is 31. The van der Waals surface area contributed by atoms with Gasteiger partial charge in [0.05, 0.1) is 13.2 Å². The van der Waals surface area contributed by atoms with Gasteiger partial charge in [0.2, 0.25) is 0 Å². The van der Waals surface area contributed by atoms with E-state index < -0.39 is 26.5 Å². The summed E-state index contributed by atoms with van der Waals surface area (Å²) in [7, 11) is -4.38. The average Bonchev–Trinajstić information content (AvgIpc) is 3.31. The fraction of sp³-hybridized carbons (Fsp3) is 0.821. The van der Waals surface area contributed by atoms with Gasteiger partial charge in [-0.3, -0.25) is 18.6 Å². The van der Waals surface area contributed by atoms with Gasteiger partial charge in [-0.15, -0.1) is 0 Å². The van der Waals surface area contributed by atoms with Crippen LogP contribution in [0.1, 0.15) is 264 Å². The fourth-order valence-corrected chi connectivity index (χ4v) is 8.69. The summed E-state index contributed by atoms with van der Waals surface area (Å²) < 4.78 is 32.9. The number of hydrogen-bond donors (Lipinski definition) is 2. The maximum absolute atomic E-state index is 12.7. The van der Waals surface area contributed by atoms with E-state index in [0.717, 1.165) is 57.8 Å². The van der Waals surface area contributed by atoms with E-state index in [-0.39, 0.29) is 38.6 Å². The minimum atomic E-state index is -4.38. The van der Waals surface area contributed by atoms with E-state index in [1.165, 1.54) is 173 Å². The minimum Gasteiger partial charge on any atom is -0.462 e. The van der Waals surface area contributed by atoms with E-state index >= 15 is 0 Å². The highest BCUT2D eigenvalue weighted by atomic mass is 31.2. The summed E-state index contributed by atoms with van der Waals surface area (Å²) in [4.78, 5) is 35.0. The summed E-state index contributed by atoms with van der Waals surface area (Å²) in [6.07, 6.45) is 63.2. The zero-order chi connectivity index (χ0) is 48.1. The summed E-state index contributed by atoms with van der Waals surface area (Å²) in [5.41, 5.74) is 5.37. The van der Waals surface area contributed by atoms with Crippen molar-refractivity contribution in [3.05, 3.63) is 48.6 Å². The van der Waals surface area contributed by atoms with Crippen molar-refractivity contribution in [2.24, 2.45) is 5.73 Å². The maximum Gasteiger partial charge on any atom is 0.472 e. The van der Waals surface area contributed by atoms with Gasteiger partial charge in [0.1, 0.15) is 6.61 Å². The Labute approximate surface area is 407 Å². The van der Waals surface area contributed by atoms with E-state index in [1.54, 1.807) is 0 Å². The molecule has 0 amide bonds. The molecule has 0 aliphatic rings. The SMILES string of the molecule is CC/C=C\C/C=C\C/C=C\C/C=C\CCCCCCCCCCCCCCCCCCCCCCC(=O)OC(COC(=O)CCCCCCCCCCCCCC)COP(=O)(O)OCCN. The molecule has 0 aliphatic heterocycles. The Morgan fingerprint density at radius 2 is 0.833 bits per heavy atom. The molecule has 2 atom stereocenters. The van der Waals surface area contributed by atoms with Gasteiger partial charge >= 0.3 is 19.8 Å². The lowest BCUT2D eigenvalue weighted by Crippen LogP contribution is -2.29. The second kappa shape index (κ2) is 52.3. The van der Waals surface area contributed by atoms with Crippen LogP contribution in [-0.2, 0) is 32.7 Å². The third kappa shape index (κ3) is 51.4. The Bertz CT molecular complexity index is 1220. The number of ether oxygens (including phenoxy) is 2. The first-order valence-corrected chi connectivity index (χ1v) is 29.1. The maximum atomic E-state index is 12.7. The second-order valence-electron chi connectivity index (χ2n) is 18.4. The lowest BCUT2D eigenvalue weighted by Gasteiger charge is -2.19. The van der Waals surface area contributed by atoms with Crippen LogP contribution in [0.3, 0.4) is 0 Å². The number of esters is 2. The molecule has 3 N–H and O–H groups in total. The predicted octanol–water partition coefficient (Wildman–Crippen LogP) is 17.0. The quantitative estimate of drug-likeness (QED) is 0.0264. The van der Waals surface area contributed by atoms with E-state index in [9.17, 15) is 19.0 Å². The number of carbonyl (C=O) groups is 2. The van der Waals surface area contributed by atoms with E-state index in [2.05, 4.69) is 62.5 Å². The topological polar surface area (TPSA) is 134 Å². The highest BCUT2D eigenvalue weighted by Gasteiger charge is 2.26. The summed E-state index contributed by atoms with van der Waals surface area (Å²) in [5.74, 6) is -0.816. The van der Waals surface area contributed by atoms with E-state index in [1.807, 2.05) is 0 Å². The molecule has 0 heterocycles. The Morgan fingerprint density at radius 1 is 0.470 bits per heavy atom. The number of phosphoric ester groups is 1. The van der Waals surface area contributed by atoms with Gasteiger partial charge in [0, 0.05) is 19.4 Å². The molecular weight excluding hydrogens is 846 g/mol.